The van der Waals surface area contributed by atoms with Crippen molar-refractivity contribution in [2.75, 3.05) is 13.1 Å². The average Bonchev–Trinajstić information content (AvgIpc) is 3.35. The molecule has 1 saturated heterocycles. The smallest absolute Gasteiger partial charge is 0.266 e. The molecule has 0 amide bonds. The molecular weight excluding hydrogens is 422 g/mol. The Bertz CT molecular complexity index is 1500. The van der Waals surface area contributed by atoms with Gasteiger partial charge in [-0.25, -0.2) is 4.98 Å². The van der Waals surface area contributed by atoms with E-state index in [1.807, 2.05) is 66.9 Å². The Kier molecular flexibility index (Phi) is 5.28. The summed E-state index contributed by atoms with van der Waals surface area (Å²) in [7, 11) is 0. The summed E-state index contributed by atoms with van der Waals surface area (Å²) in [5, 5.41) is 3.44. The molecule has 0 radical (unpaired) electrons. The zero-order chi connectivity index (χ0) is 22.9. The summed E-state index contributed by atoms with van der Waals surface area (Å²) in [6.07, 6.45) is 5.81. The van der Waals surface area contributed by atoms with Gasteiger partial charge in [0.1, 0.15) is 5.82 Å². The molecule has 0 spiro atoms. The highest BCUT2D eigenvalue weighted by Crippen LogP contribution is 2.32. The van der Waals surface area contributed by atoms with Crippen LogP contribution in [0.15, 0.2) is 90.0 Å². The topological polar surface area (TPSA) is 75.6 Å². The fourth-order valence-electron chi connectivity index (χ4n) is 4.85. The normalized spacial score (nSPS) is 14.5. The first kappa shape index (κ1) is 20.6. The predicted molar refractivity (Wildman–Crippen MR) is 135 cm³/mol. The van der Waals surface area contributed by atoms with Crippen LogP contribution in [-0.4, -0.2) is 32.6 Å². The van der Waals surface area contributed by atoms with E-state index < -0.39 is 0 Å². The molecule has 0 atom stereocenters. The minimum atomic E-state index is -0.117. The maximum absolute atomic E-state index is 13.7. The second kappa shape index (κ2) is 8.72. The minimum Gasteiger partial charge on any atom is -0.338 e. The predicted octanol–water partition coefficient (Wildman–Crippen LogP) is 4.91. The second-order valence-corrected chi connectivity index (χ2v) is 8.72. The number of hydrogen-bond acceptors (Lipinski definition) is 4. The molecule has 6 heteroatoms. The quantitative estimate of drug-likeness (QED) is 0.411. The number of H-pyrrole nitrogens is 1. The van der Waals surface area contributed by atoms with E-state index in [9.17, 15) is 4.79 Å². The lowest BCUT2D eigenvalue weighted by Crippen LogP contribution is -2.26. The first-order valence-electron chi connectivity index (χ1n) is 11.7. The van der Waals surface area contributed by atoms with Crippen LogP contribution in [0.3, 0.4) is 0 Å². The maximum atomic E-state index is 13.7. The van der Waals surface area contributed by atoms with Gasteiger partial charge in [0.25, 0.3) is 5.56 Å². The van der Waals surface area contributed by atoms with Gasteiger partial charge >= 0.3 is 0 Å². The van der Waals surface area contributed by atoms with Gasteiger partial charge in [0.05, 0.1) is 22.3 Å². The van der Waals surface area contributed by atoms with Crippen LogP contribution < -0.4 is 10.9 Å². The molecule has 0 saturated carbocycles. The van der Waals surface area contributed by atoms with Crippen molar-refractivity contribution in [1.29, 1.82) is 0 Å². The van der Waals surface area contributed by atoms with Gasteiger partial charge in [0.15, 0.2) is 0 Å². The fourth-order valence-corrected chi connectivity index (χ4v) is 4.85. The number of piperidine rings is 1. The molecule has 0 unspecified atom stereocenters. The van der Waals surface area contributed by atoms with Gasteiger partial charge < -0.3 is 10.3 Å². The molecule has 1 fully saturated rings. The van der Waals surface area contributed by atoms with Crippen LogP contribution >= 0.6 is 0 Å². The lowest BCUT2D eigenvalue weighted by atomic mass is 9.89. The van der Waals surface area contributed by atoms with Crippen LogP contribution in [0.1, 0.15) is 24.3 Å². The Balaban J connectivity index is 1.55. The van der Waals surface area contributed by atoms with Crippen LogP contribution in [0.2, 0.25) is 0 Å². The van der Waals surface area contributed by atoms with Crippen molar-refractivity contribution >= 4 is 11.0 Å². The molecule has 0 aliphatic carbocycles. The molecule has 3 aromatic heterocycles. The summed E-state index contributed by atoms with van der Waals surface area (Å²) in [5.74, 6) is 1.06. The third kappa shape index (κ3) is 3.72. The van der Waals surface area contributed by atoms with Crippen molar-refractivity contribution in [3.63, 3.8) is 0 Å². The summed E-state index contributed by atoms with van der Waals surface area (Å²) >= 11 is 0. The molecule has 6 rings (SSSR count). The van der Waals surface area contributed by atoms with Crippen LogP contribution in [-0.2, 0) is 0 Å². The van der Waals surface area contributed by atoms with E-state index in [4.69, 9.17) is 4.98 Å². The lowest BCUT2D eigenvalue weighted by Gasteiger charge is -2.23. The van der Waals surface area contributed by atoms with Gasteiger partial charge in [0.2, 0.25) is 0 Å². The molecule has 6 nitrogen and oxygen atoms in total. The molecule has 2 N–H and O–H groups in total. The van der Waals surface area contributed by atoms with Crippen molar-refractivity contribution in [2.45, 2.75) is 18.8 Å². The Morgan fingerprint density at radius 3 is 2.53 bits per heavy atom. The number of imidazole rings is 1. The highest BCUT2D eigenvalue weighted by Gasteiger charge is 2.21. The Hall–Kier alpha value is -4.03. The Labute approximate surface area is 197 Å². The lowest BCUT2D eigenvalue weighted by molar-refractivity contribution is 0.462. The van der Waals surface area contributed by atoms with Crippen LogP contribution in [0.4, 0.5) is 0 Å². The third-order valence-corrected chi connectivity index (χ3v) is 6.59. The van der Waals surface area contributed by atoms with E-state index in [2.05, 4.69) is 27.4 Å². The van der Waals surface area contributed by atoms with Crippen LogP contribution in [0.5, 0.6) is 0 Å². The number of aromatic amines is 1. The van der Waals surface area contributed by atoms with E-state index >= 15 is 0 Å². The minimum absolute atomic E-state index is 0.117. The van der Waals surface area contributed by atoms with Gasteiger partial charge in [-0.15, -0.1) is 0 Å². The van der Waals surface area contributed by atoms with Crippen molar-refractivity contribution < 1.29 is 0 Å². The van der Waals surface area contributed by atoms with Gasteiger partial charge in [-0.2, -0.15) is 0 Å². The van der Waals surface area contributed by atoms with E-state index in [1.165, 1.54) is 5.56 Å². The van der Waals surface area contributed by atoms with Gasteiger partial charge in [-0.1, -0.05) is 36.4 Å². The number of para-hydroxylation sites is 2. The molecule has 168 valence electrons. The first-order chi connectivity index (χ1) is 16.8. The number of hydrogen-bond donors (Lipinski definition) is 2. The monoisotopic (exact) mass is 447 g/mol. The van der Waals surface area contributed by atoms with Crippen molar-refractivity contribution in [3.05, 3.63) is 101 Å². The molecule has 4 heterocycles. The zero-order valence-corrected chi connectivity index (χ0v) is 18.7. The standard InChI is InChI=1S/C28H25N5O/c34-28-23(27-31-25-11-6-9-22(26(25)32-27)19-12-15-29-16-13-19)17-20(24-10-4-5-14-30-24)18-33(28)21-7-2-1-3-8-21/h1-11,14,17-19,29H,12-13,15-16H2,(H,31,32). The largest absolute Gasteiger partial charge is 0.338 e. The zero-order valence-electron chi connectivity index (χ0n) is 18.7. The SMILES string of the molecule is O=c1c(-c2nc3c(C4CCNCC4)cccc3[nH]2)cc(-c2ccccn2)cn1-c1ccccc1. The molecular formula is C28H25N5O. The third-order valence-electron chi connectivity index (χ3n) is 6.59. The number of aromatic nitrogens is 4. The summed E-state index contributed by atoms with van der Waals surface area (Å²) in [4.78, 5) is 26.6. The summed E-state index contributed by atoms with van der Waals surface area (Å²) < 4.78 is 1.68. The van der Waals surface area contributed by atoms with Crippen molar-refractivity contribution in [3.8, 4) is 28.3 Å². The number of nitrogens with zero attached hydrogens (tertiary/aromatic N) is 3. The fraction of sp³-hybridized carbons (Fsp3) is 0.179. The second-order valence-electron chi connectivity index (χ2n) is 8.72. The average molecular weight is 448 g/mol. The highest BCUT2D eigenvalue weighted by atomic mass is 16.1. The Morgan fingerprint density at radius 2 is 1.74 bits per heavy atom. The van der Waals surface area contributed by atoms with Crippen LogP contribution in [0, 0.1) is 0 Å². The first-order valence-corrected chi connectivity index (χ1v) is 11.7. The molecule has 5 aromatic rings. The van der Waals surface area contributed by atoms with E-state index in [0.29, 0.717) is 17.3 Å². The van der Waals surface area contributed by atoms with Gasteiger partial charge in [-0.3, -0.25) is 14.3 Å². The Morgan fingerprint density at radius 1 is 0.912 bits per heavy atom. The van der Waals surface area contributed by atoms with Crippen molar-refractivity contribution in [2.24, 2.45) is 0 Å². The molecule has 1 aliphatic rings. The molecule has 0 bridgehead atoms. The van der Waals surface area contributed by atoms with Crippen LogP contribution in [0.25, 0.3) is 39.4 Å². The van der Waals surface area contributed by atoms with E-state index in [0.717, 1.165) is 53.9 Å². The number of benzene rings is 2. The van der Waals surface area contributed by atoms with Crippen molar-refractivity contribution in [1.82, 2.24) is 24.8 Å². The summed E-state index contributed by atoms with van der Waals surface area (Å²) in [5.41, 5.74) is 6.05. The summed E-state index contributed by atoms with van der Waals surface area (Å²) in [6, 6.07) is 23.6. The van der Waals surface area contributed by atoms with Gasteiger partial charge in [0, 0.05) is 23.6 Å². The van der Waals surface area contributed by atoms with E-state index in [1.54, 1.807) is 10.8 Å². The molecule has 1 aliphatic heterocycles. The number of nitrogens with one attached hydrogen (secondary N) is 2. The molecule has 2 aromatic carbocycles. The number of fused-ring (bicyclic) bond motifs is 1. The maximum Gasteiger partial charge on any atom is 0.266 e. The number of rotatable bonds is 4. The van der Waals surface area contributed by atoms with Gasteiger partial charge in [-0.05, 0) is 73.8 Å². The van der Waals surface area contributed by atoms with E-state index in [-0.39, 0.29) is 5.56 Å². The highest BCUT2D eigenvalue weighted by molar-refractivity contribution is 5.83. The summed E-state index contributed by atoms with van der Waals surface area (Å²) in [6.45, 7) is 2.04. The molecule has 34 heavy (non-hydrogen) atoms. The number of pyridine rings is 2.